The fourth-order valence-corrected chi connectivity index (χ4v) is 3.54. The molecule has 26 heavy (non-hydrogen) atoms. The van der Waals surface area contributed by atoms with E-state index in [1.165, 1.54) is 10.9 Å². The van der Waals surface area contributed by atoms with E-state index in [0.717, 1.165) is 34.6 Å². The lowest BCUT2D eigenvalue weighted by molar-refractivity contribution is 0.102. The van der Waals surface area contributed by atoms with Crippen molar-refractivity contribution in [3.8, 4) is 0 Å². The van der Waals surface area contributed by atoms with Crippen molar-refractivity contribution < 1.29 is 4.79 Å². The molecule has 3 aromatic carbocycles. The Balaban J connectivity index is 1.50. The molecule has 5 rings (SSSR count). The maximum Gasteiger partial charge on any atom is 0.257 e. The minimum Gasteiger partial charge on any atom is -0.361 e. The van der Waals surface area contributed by atoms with Gasteiger partial charge in [-0.05, 0) is 47.9 Å². The molecule has 0 saturated carbocycles. The molecule has 1 amide bonds. The van der Waals surface area contributed by atoms with E-state index < -0.39 is 0 Å². The van der Waals surface area contributed by atoms with Gasteiger partial charge in [0.15, 0.2) is 0 Å². The lowest BCUT2D eigenvalue weighted by atomic mass is 10.0. The first-order valence-corrected chi connectivity index (χ1v) is 8.63. The Kier molecular flexibility index (Phi) is 3.28. The molecule has 0 spiro atoms. The van der Waals surface area contributed by atoms with E-state index in [1.54, 1.807) is 0 Å². The van der Waals surface area contributed by atoms with Crippen LogP contribution < -0.4 is 10.6 Å². The van der Waals surface area contributed by atoms with Crippen LogP contribution in [-0.2, 0) is 6.42 Å². The number of carbonyl (C=O) groups is 1. The van der Waals surface area contributed by atoms with E-state index in [4.69, 9.17) is 0 Å². The molecule has 3 N–H and O–H groups in total. The zero-order valence-electron chi connectivity index (χ0n) is 14.0. The molecule has 4 heteroatoms. The fraction of sp³-hybridized carbons (Fsp3) is 0.0455. The number of aromatic amines is 1. The van der Waals surface area contributed by atoms with Crippen LogP contribution in [0.15, 0.2) is 72.9 Å². The molecular weight excluding hydrogens is 322 g/mol. The number of amides is 1. The van der Waals surface area contributed by atoms with Crippen LogP contribution in [0.4, 0.5) is 17.1 Å². The molecule has 2 heterocycles. The first-order chi connectivity index (χ1) is 12.8. The molecule has 0 atom stereocenters. The summed E-state index contributed by atoms with van der Waals surface area (Å²) in [5, 5.41) is 7.62. The average molecular weight is 339 g/mol. The molecule has 0 aliphatic carbocycles. The second-order valence-electron chi connectivity index (χ2n) is 6.54. The summed E-state index contributed by atoms with van der Waals surface area (Å²) in [6.45, 7) is 0. The van der Waals surface area contributed by atoms with Gasteiger partial charge >= 0.3 is 0 Å². The average Bonchev–Trinajstić information content (AvgIpc) is 3.00. The molecule has 0 fully saturated rings. The summed E-state index contributed by atoms with van der Waals surface area (Å²) < 4.78 is 0. The van der Waals surface area contributed by atoms with Crippen molar-refractivity contribution in [2.24, 2.45) is 0 Å². The first kappa shape index (κ1) is 14.8. The lowest BCUT2D eigenvalue weighted by Crippen LogP contribution is -2.10. The molecule has 1 aliphatic heterocycles. The number of aromatic nitrogens is 1. The quantitative estimate of drug-likeness (QED) is 0.478. The van der Waals surface area contributed by atoms with Crippen LogP contribution in [0.2, 0.25) is 0 Å². The third kappa shape index (κ3) is 2.43. The normalized spacial score (nSPS) is 12.7. The van der Waals surface area contributed by atoms with Gasteiger partial charge in [0.1, 0.15) is 0 Å². The van der Waals surface area contributed by atoms with Gasteiger partial charge in [0.25, 0.3) is 5.91 Å². The van der Waals surface area contributed by atoms with Crippen molar-refractivity contribution in [3.63, 3.8) is 0 Å². The van der Waals surface area contributed by atoms with Gasteiger partial charge in [0, 0.05) is 17.1 Å². The molecule has 4 aromatic rings. The van der Waals surface area contributed by atoms with E-state index in [1.807, 2.05) is 42.5 Å². The smallest absolute Gasteiger partial charge is 0.257 e. The van der Waals surface area contributed by atoms with Crippen LogP contribution in [-0.4, -0.2) is 10.9 Å². The van der Waals surface area contributed by atoms with Crippen LogP contribution in [0.1, 0.15) is 21.5 Å². The van der Waals surface area contributed by atoms with E-state index >= 15 is 0 Å². The summed E-state index contributed by atoms with van der Waals surface area (Å²) in [7, 11) is 0. The van der Waals surface area contributed by atoms with Gasteiger partial charge in [-0.1, -0.05) is 36.4 Å². The van der Waals surface area contributed by atoms with Crippen molar-refractivity contribution in [1.82, 2.24) is 4.98 Å². The molecule has 0 radical (unpaired) electrons. The maximum atomic E-state index is 12.5. The molecule has 0 bridgehead atoms. The molecule has 1 aliphatic rings. The number of carbonyl (C=O) groups excluding carboxylic acids is 1. The first-order valence-electron chi connectivity index (χ1n) is 8.63. The molecule has 1 aromatic heterocycles. The standard InChI is InChI=1S/C22H17N3O/c26-22-17-6-2-4-8-19(17)24-20-10-9-14(12-21(20)25-22)11-15-13-23-18-7-3-1-5-16(15)18/h1-10,12-13,23-24H,11H2,(H,25,26). The van der Waals surface area contributed by atoms with Crippen LogP contribution in [0.3, 0.4) is 0 Å². The molecular formula is C22H17N3O. The van der Waals surface area contributed by atoms with Gasteiger partial charge in [-0.2, -0.15) is 0 Å². The number of hydrogen-bond donors (Lipinski definition) is 3. The Morgan fingerprint density at radius 3 is 2.58 bits per heavy atom. The highest BCUT2D eigenvalue weighted by molar-refractivity contribution is 6.12. The Morgan fingerprint density at radius 2 is 1.62 bits per heavy atom. The van der Waals surface area contributed by atoms with Crippen molar-refractivity contribution >= 4 is 33.9 Å². The van der Waals surface area contributed by atoms with E-state index in [0.29, 0.717) is 5.56 Å². The number of H-pyrrole nitrogens is 1. The Labute approximate surface area is 150 Å². The largest absolute Gasteiger partial charge is 0.361 e. The number of anilines is 3. The van der Waals surface area contributed by atoms with Crippen LogP contribution in [0.5, 0.6) is 0 Å². The van der Waals surface area contributed by atoms with Gasteiger partial charge in [-0.15, -0.1) is 0 Å². The fourth-order valence-electron chi connectivity index (χ4n) is 3.54. The molecule has 0 unspecified atom stereocenters. The Hall–Kier alpha value is -3.53. The number of para-hydroxylation sites is 2. The van der Waals surface area contributed by atoms with Gasteiger partial charge in [0.2, 0.25) is 0 Å². The Bertz CT molecular complexity index is 1140. The zero-order valence-corrected chi connectivity index (χ0v) is 14.0. The highest BCUT2D eigenvalue weighted by Crippen LogP contribution is 2.33. The zero-order chi connectivity index (χ0) is 17.5. The van der Waals surface area contributed by atoms with Crippen LogP contribution in [0.25, 0.3) is 10.9 Å². The lowest BCUT2D eigenvalue weighted by Gasteiger charge is -2.10. The van der Waals surface area contributed by atoms with Crippen molar-refractivity contribution in [2.45, 2.75) is 6.42 Å². The second-order valence-corrected chi connectivity index (χ2v) is 6.54. The highest BCUT2D eigenvalue weighted by Gasteiger charge is 2.18. The highest BCUT2D eigenvalue weighted by atomic mass is 16.1. The Morgan fingerprint density at radius 1 is 0.769 bits per heavy atom. The van der Waals surface area contributed by atoms with Gasteiger partial charge < -0.3 is 15.6 Å². The van der Waals surface area contributed by atoms with Gasteiger partial charge in [-0.3, -0.25) is 4.79 Å². The van der Waals surface area contributed by atoms with Crippen molar-refractivity contribution in [2.75, 3.05) is 10.6 Å². The summed E-state index contributed by atoms with van der Waals surface area (Å²) in [5.41, 5.74) is 6.74. The predicted molar refractivity (Wildman–Crippen MR) is 105 cm³/mol. The topological polar surface area (TPSA) is 56.9 Å². The van der Waals surface area contributed by atoms with Gasteiger partial charge in [0.05, 0.1) is 22.6 Å². The number of benzene rings is 3. The monoisotopic (exact) mass is 339 g/mol. The van der Waals surface area contributed by atoms with E-state index in [-0.39, 0.29) is 5.91 Å². The van der Waals surface area contributed by atoms with E-state index in [9.17, 15) is 4.79 Å². The maximum absolute atomic E-state index is 12.5. The summed E-state index contributed by atoms with van der Waals surface area (Å²) in [4.78, 5) is 15.8. The minimum absolute atomic E-state index is 0.0869. The predicted octanol–water partition coefficient (Wildman–Crippen LogP) is 5.07. The van der Waals surface area contributed by atoms with Crippen LogP contribution in [0, 0.1) is 0 Å². The third-order valence-electron chi connectivity index (χ3n) is 4.84. The molecule has 126 valence electrons. The van der Waals surface area contributed by atoms with Crippen LogP contribution >= 0.6 is 0 Å². The molecule has 0 saturated heterocycles. The van der Waals surface area contributed by atoms with Crippen molar-refractivity contribution in [1.29, 1.82) is 0 Å². The van der Waals surface area contributed by atoms with E-state index in [2.05, 4.69) is 46.1 Å². The summed E-state index contributed by atoms with van der Waals surface area (Å²) in [6, 6.07) is 22.0. The SMILES string of the molecule is O=C1Nc2cc(Cc3c[nH]c4ccccc34)ccc2Nc2ccccc21. The third-order valence-corrected chi connectivity index (χ3v) is 4.84. The molecule has 4 nitrogen and oxygen atoms in total. The summed E-state index contributed by atoms with van der Waals surface area (Å²) in [6.07, 6.45) is 2.86. The second kappa shape index (κ2) is 5.77. The number of rotatable bonds is 2. The summed E-state index contributed by atoms with van der Waals surface area (Å²) in [5.74, 6) is -0.0869. The summed E-state index contributed by atoms with van der Waals surface area (Å²) >= 11 is 0. The number of fused-ring (bicyclic) bond motifs is 3. The van der Waals surface area contributed by atoms with Crippen molar-refractivity contribution in [3.05, 3.63) is 89.6 Å². The number of nitrogens with one attached hydrogen (secondary N) is 3. The number of hydrogen-bond acceptors (Lipinski definition) is 2. The minimum atomic E-state index is -0.0869. The van der Waals surface area contributed by atoms with Gasteiger partial charge in [-0.25, -0.2) is 0 Å².